The van der Waals surface area contributed by atoms with Gasteiger partial charge in [-0.25, -0.2) is 4.98 Å². The standard InChI is InChI=1S/C35H44N8O3/c1-24(43-13-11-42(12-14-43)15-16-44)26-7-9-28(10-8-26)27-5-3-25(4-6-27)23-46-33-21-37-20-32(33)40-35(45)31-17-29(18-38-34(31)36)30-19-39-41(2)22-30/h3-10,17-19,22,24,32-33,37,44H,11-16,20-21,23H2,1-2H3,(H2,36,38)(H,40,45)/t24?,32-,33-/m0/s1. The highest BCUT2D eigenvalue weighted by Gasteiger charge is 2.30. The molecule has 2 fully saturated rings. The number of hydrogen-bond donors (Lipinski definition) is 4. The fourth-order valence-electron chi connectivity index (χ4n) is 6.28. The van der Waals surface area contributed by atoms with Gasteiger partial charge in [0.25, 0.3) is 5.91 Å². The number of benzene rings is 2. The Hall–Kier alpha value is -4.13. The summed E-state index contributed by atoms with van der Waals surface area (Å²) in [5, 5.41) is 19.8. The van der Waals surface area contributed by atoms with Crippen LogP contribution in [0.3, 0.4) is 0 Å². The Morgan fingerprint density at radius 2 is 1.74 bits per heavy atom. The molecule has 6 rings (SSSR count). The van der Waals surface area contributed by atoms with E-state index in [1.54, 1.807) is 23.1 Å². The SMILES string of the molecule is CC(c1ccc(-c2ccc(CO[C@H]3CNC[C@@H]3NC(=O)c3cc(-c4cnn(C)c4)cnc3N)cc2)cc1)N1CCN(CCO)CC1. The third kappa shape index (κ3) is 7.46. The molecule has 4 aromatic rings. The fourth-order valence-corrected chi connectivity index (χ4v) is 6.28. The summed E-state index contributed by atoms with van der Waals surface area (Å²) in [7, 11) is 1.84. The van der Waals surface area contributed by atoms with Crippen molar-refractivity contribution in [3.8, 4) is 22.3 Å². The molecule has 0 spiro atoms. The largest absolute Gasteiger partial charge is 0.395 e. The molecular formula is C35H44N8O3. The zero-order valence-electron chi connectivity index (χ0n) is 26.6. The third-order valence-electron chi connectivity index (χ3n) is 9.19. The number of nitrogen functional groups attached to an aromatic ring is 1. The zero-order valence-corrected chi connectivity index (χ0v) is 26.6. The van der Waals surface area contributed by atoms with Crippen molar-refractivity contribution in [1.29, 1.82) is 0 Å². The molecule has 1 unspecified atom stereocenters. The third-order valence-corrected chi connectivity index (χ3v) is 9.19. The number of aliphatic hydroxyl groups is 1. The Morgan fingerprint density at radius 1 is 1.02 bits per heavy atom. The number of nitrogens with one attached hydrogen (secondary N) is 2. The number of piperazine rings is 1. The molecule has 1 amide bonds. The predicted octanol–water partition coefficient (Wildman–Crippen LogP) is 2.69. The molecule has 242 valence electrons. The minimum absolute atomic E-state index is 0.175. The maximum Gasteiger partial charge on any atom is 0.255 e. The number of hydrogen-bond acceptors (Lipinski definition) is 9. The van der Waals surface area contributed by atoms with Gasteiger partial charge in [0, 0.05) is 82.4 Å². The van der Waals surface area contributed by atoms with E-state index in [9.17, 15) is 9.90 Å². The van der Waals surface area contributed by atoms with E-state index in [2.05, 4.69) is 86.0 Å². The summed E-state index contributed by atoms with van der Waals surface area (Å²) in [6.45, 7) is 9.00. The minimum Gasteiger partial charge on any atom is -0.395 e. The smallest absolute Gasteiger partial charge is 0.255 e. The first-order chi connectivity index (χ1) is 22.4. The van der Waals surface area contributed by atoms with Crippen molar-refractivity contribution in [1.82, 2.24) is 35.2 Å². The van der Waals surface area contributed by atoms with E-state index in [1.807, 2.05) is 13.2 Å². The van der Waals surface area contributed by atoms with Crippen LogP contribution in [-0.2, 0) is 18.4 Å². The van der Waals surface area contributed by atoms with Gasteiger partial charge in [0.15, 0.2) is 0 Å². The lowest BCUT2D eigenvalue weighted by Gasteiger charge is -2.38. The molecule has 2 saturated heterocycles. The fraction of sp³-hybridized carbons (Fsp3) is 0.400. The number of nitrogens with zero attached hydrogens (tertiary/aromatic N) is 5. The second-order valence-corrected chi connectivity index (χ2v) is 12.2. The summed E-state index contributed by atoms with van der Waals surface area (Å²) in [5.74, 6) is -0.0883. The Labute approximate surface area is 270 Å². The van der Waals surface area contributed by atoms with Crippen molar-refractivity contribution in [2.75, 3.05) is 58.2 Å². The lowest BCUT2D eigenvalue weighted by molar-refractivity contribution is 0.0358. The Kier molecular flexibility index (Phi) is 10.1. The molecule has 4 heterocycles. The van der Waals surface area contributed by atoms with Gasteiger partial charge >= 0.3 is 0 Å². The number of amides is 1. The van der Waals surface area contributed by atoms with E-state index in [1.165, 1.54) is 11.1 Å². The van der Waals surface area contributed by atoms with E-state index < -0.39 is 0 Å². The predicted molar refractivity (Wildman–Crippen MR) is 179 cm³/mol. The van der Waals surface area contributed by atoms with Crippen LogP contribution in [0, 0.1) is 0 Å². The summed E-state index contributed by atoms with van der Waals surface area (Å²) < 4.78 is 7.98. The van der Waals surface area contributed by atoms with Crippen LogP contribution in [-0.4, -0.2) is 100 Å². The molecule has 2 aromatic carbocycles. The van der Waals surface area contributed by atoms with Crippen LogP contribution < -0.4 is 16.4 Å². The van der Waals surface area contributed by atoms with Crippen LogP contribution in [0.4, 0.5) is 5.82 Å². The normalized spacial score (nSPS) is 19.7. The average Bonchev–Trinajstić information content (AvgIpc) is 3.73. The molecule has 2 aliphatic heterocycles. The average molecular weight is 625 g/mol. The number of anilines is 1. The van der Waals surface area contributed by atoms with Crippen LogP contribution in [0.15, 0.2) is 73.2 Å². The summed E-state index contributed by atoms with van der Waals surface area (Å²) >= 11 is 0. The van der Waals surface area contributed by atoms with Gasteiger partial charge in [0.1, 0.15) is 5.82 Å². The van der Waals surface area contributed by atoms with Gasteiger partial charge < -0.3 is 26.2 Å². The molecule has 11 heteroatoms. The van der Waals surface area contributed by atoms with Gasteiger partial charge in [-0.2, -0.15) is 5.10 Å². The number of β-amino-alcohol motifs (C(OH)–C–C–N with tert-alkyl or cyclic N) is 1. The van der Waals surface area contributed by atoms with Crippen molar-refractivity contribution in [2.45, 2.75) is 31.7 Å². The van der Waals surface area contributed by atoms with Crippen LogP contribution in [0.25, 0.3) is 22.3 Å². The Balaban J connectivity index is 1.01. The van der Waals surface area contributed by atoms with Crippen LogP contribution in [0.1, 0.15) is 34.5 Å². The minimum atomic E-state index is -0.275. The topological polar surface area (TPSA) is 134 Å². The molecule has 2 aromatic heterocycles. The number of nitrogens with two attached hydrogens (primary N) is 1. The summed E-state index contributed by atoms with van der Waals surface area (Å²) in [5.41, 5.74) is 12.8. The van der Waals surface area contributed by atoms with E-state index in [4.69, 9.17) is 10.5 Å². The van der Waals surface area contributed by atoms with Crippen molar-refractivity contribution in [3.63, 3.8) is 0 Å². The van der Waals surface area contributed by atoms with Crippen LogP contribution >= 0.6 is 0 Å². The molecule has 11 nitrogen and oxygen atoms in total. The van der Waals surface area contributed by atoms with Gasteiger partial charge in [0.05, 0.1) is 37.1 Å². The van der Waals surface area contributed by atoms with E-state index in [0.29, 0.717) is 31.3 Å². The molecule has 3 atom stereocenters. The highest BCUT2D eigenvalue weighted by atomic mass is 16.5. The van der Waals surface area contributed by atoms with Crippen molar-refractivity contribution >= 4 is 11.7 Å². The van der Waals surface area contributed by atoms with Crippen LogP contribution in [0.5, 0.6) is 0 Å². The first-order valence-electron chi connectivity index (χ1n) is 16.0. The molecule has 0 saturated carbocycles. The lowest BCUT2D eigenvalue weighted by atomic mass is 9.99. The summed E-state index contributed by atoms with van der Waals surface area (Å²) in [4.78, 5) is 22.3. The van der Waals surface area contributed by atoms with Crippen molar-refractivity contribution in [2.24, 2.45) is 7.05 Å². The first kappa shape index (κ1) is 31.8. The second kappa shape index (κ2) is 14.5. The summed E-state index contributed by atoms with van der Waals surface area (Å²) in [6, 6.07) is 19.3. The molecule has 0 radical (unpaired) electrons. The number of aromatic nitrogens is 3. The number of aliphatic hydroxyl groups excluding tert-OH is 1. The molecule has 46 heavy (non-hydrogen) atoms. The monoisotopic (exact) mass is 624 g/mol. The molecule has 2 aliphatic rings. The zero-order chi connectivity index (χ0) is 32.0. The Bertz CT molecular complexity index is 1600. The van der Waals surface area contributed by atoms with Gasteiger partial charge in [0.2, 0.25) is 0 Å². The number of aryl methyl sites for hydroxylation is 1. The van der Waals surface area contributed by atoms with E-state index in [0.717, 1.165) is 55.0 Å². The first-order valence-corrected chi connectivity index (χ1v) is 16.0. The molecule has 0 bridgehead atoms. The Morgan fingerprint density at radius 3 is 2.41 bits per heavy atom. The quantitative estimate of drug-likeness (QED) is 0.199. The van der Waals surface area contributed by atoms with Gasteiger partial charge in [-0.05, 0) is 35.2 Å². The molecule has 0 aliphatic carbocycles. The van der Waals surface area contributed by atoms with Crippen molar-refractivity contribution in [3.05, 3.63) is 89.9 Å². The van der Waals surface area contributed by atoms with Gasteiger partial charge in [-0.1, -0.05) is 48.5 Å². The highest BCUT2D eigenvalue weighted by Crippen LogP contribution is 2.27. The highest BCUT2D eigenvalue weighted by molar-refractivity contribution is 5.99. The maximum absolute atomic E-state index is 13.2. The van der Waals surface area contributed by atoms with Crippen LogP contribution in [0.2, 0.25) is 0 Å². The second-order valence-electron chi connectivity index (χ2n) is 12.2. The van der Waals surface area contributed by atoms with E-state index >= 15 is 0 Å². The van der Waals surface area contributed by atoms with Gasteiger partial charge in [-0.15, -0.1) is 0 Å². The lowest BCUT2D eigenvalue weighted by Crippen LogP contribution is -2.47. The van der Waals surface area contributed by atoms with Gasteiger partial charge in [-0.3, -0.25) is 19.3 Å². The maximum atomic E-state index is 13.2. The number of carbonyl (C=O) groups is 1. The molecular weight excluding hydrogens is 580 g/mol. The van der Waals surface area contributed by atoms with E-state index in [-0.39, 0.29) is 30.5 Å². The number of pyridine rings is 1. The number of carbonyl (C=O) groups excluding carboxylic acids is 1. The van der Waals surface area contributed by atoms with Crippen molar-refractivity contribution < 1.29 is 14.6 Å². The summed E-state index contributed by atoms with van der Waals surface area (Å²) in [6.07, 6.45) is 5.08. The number of rotatable bonds is 11. The number of ether oxygens (including phenoxy) is 1. The molecule has 5 N–H and O–H groups in total.